The summed E-state index contributed by atoms with van der Waals surface area (Å²) in [6, 6.07) is 22.7. The van der Waals surface area contributed by atoms with Gasteiger partial charge in [0.2, 0.25) is 0 Å². The smallest absolute Gasteiger partial charge is 0.140 e. The van der Waals surface area contributed by atoms with Crippen LogP contribution in [0.15, 0.2) is 72.8 Å². The van der Waals surface area contributed by atoms with Crippen molar-refractivity contribution in [3.05, 3.63) is 78.4 Å². The maximum atomic E-state index is 13.7. The van der Waals surface area contributed by atoms with E-state index in [1.54, 1.807) is 13.8 Å². The molecule has 0 heterocycles. The van der Waals surface area contributed by atoms with Crippen LogP contribution in [0.3, 0.4) is 0 Å². The molecule has 0 spiro atoms. The van der Waals surface area contributed by atoms with Crippen LogP contribution in [-0.4, -0.2) is 18.9 Å². The minimum Gasteiger partial charge on any atom is -0.496 e. The Bertz CT molecular complexity index is 897. The average molecular weight is 352 g/mol. The number of aliphatic hydroxyl groups excluding tert-OH is 1. The van der Waals surface area contributed by atoms with Crippen LogP contribution in [0.1, 0.15) is 5.56 Å². The summed E-state index contributed by atoms with van der Waals surface area (Å²) in [5, 5.41) is 11.4. The summed E-state index contributed by atoms with van der Waals surface area (Å²) in [5.41, 5.74) is 2.37. The molecule has 0 aliphatic carbocycles. The molecule has 1 atom stereocenters. The summed E-state index contributed by atoms with van der Waals surface area (Å²) in [6.07, 6.45) is 0. The predicted octanol–water partition coefficient (Wildman–Crippen LogP) is 3.80. The summed E-state index contributed by atoms with van der Waals surface area (Å²) < 4.78 is 19.2. The molecular weight excluding hydrogens is 331 g/mol. The minimum atomic E-state index is -2.80. The molecule has 0 aromatic heterocycles. The van der Waals surface area contributed by atoms with Crippen molar-refractivity contribution in [2.24, 2.45) is 0 Å². The quantitative estimate of drug-likeness (QED) is 0.711. The number of methoxy groups -OCH3 is 1. The second-order valence-corrected chi connectivity index (χ2v) is 8.78. The van der Waals surface area contributed by atoms with Crippen molar-refractivity contribution in [1.29, 1.82) is 0 Å². The molecule has 0 radical (unpaired) electrons. The Morgan fingerprint density at radius 2 is 1.60 bits per heavy atom. The second-order valence-electron chi connectivity index (χ2n) is 5.93. The van der Waals surface area contributed by atoms with Gasteiger partial charge in [0, 0.05) is 16.2 Å². The van der Waals surface area contributed by atoms with E-state index in [0.29, 0.717) is 5.75 Å². The zero-order valence-corrected chi connectivity index (χ0v) is 15.2. The fourth-order valence-corrected chi connectivity index (χ4v) is 5.13. The van der Waals surface area contributed by atoms with Crippen LogP contribution in [0.25, 0.3) is 11.1 Å². The Kier molecular flexibility index (Phi) is 5.08. The van der Waals surface area contributed by atoms with Gasteiger partial charge in [-0.2, -0.15) is 0 Å². The molecule has 4 heteroatoms. The Balaban J connectivity index is 2.28. The van der Waals surface area contributed by atoms with Gasteiger partial charge in [-0.1, -0.05) is 66.7 Å². The Morgan fingerprint density at radius 3 is 2.28 bits per heavy atom. The highest BCUT2D eigenvalue weighted by atomic mass is 31.2. The van der Waals surface area contributed by atoms with Crippen molar-refractivity contribution in [2.75, 3.05) is 13.8 Å². The molecule has 0 saturated carbocycles. The lowest BCUT2D eigenvalue weighted by Gasteiger charge is -2.21. The first kappa shape index (κ1) is 17.5. The molecule has 3 nitrogen and oxygen atoms in total. The van der Waals surface area contributed by atoms with Crippen LogP contribution in [0.4, 0.5) is 0 Å². The predicted molar refractivity (Wildman–Crippen MR) is 104 cm³/mol. The zero-order valence-electron chi connectivity index (χ0n) is 14.3. The van der Waals surface area contributed by atoms with Crippen LogP contribution in [-0.2, 0) is 11.2 Å². The van der Waals surface area contributed by atoms with Gasteiger partial charge in [-0.15, -0.1) is 0 Å². The first-order valence-corrected chi connectivity index (χ1v) is 10.2. The molecule has 0 aliphatic heterocycles. The molecule has 3 rings (SSSR count). The molecule has 0 fully saturated rings. The molecule has 3 aromatic carbocycles. The summed E-state index contributed by atoms with van der Waals surface area (Å²) in [4.78, 5) is 0. The van der Waals surface area contributed by atoms with Crippen LogP contribution in [0, 0.1) is 0 Å². The van der Waals surface area contributed by atoms with Gasteiger partial charge < -0.3 is 14.4 Å². The standard InChI is InChI=1S/C21H21O3P/c1-24-19-13-8-9-16(15-22)21(19)18-12-6-7-14-20(18)25(2,23)17-10-4-3-5-11-17/h3-14,22H,15H2,1-2H3/t25-/m1/s1. The van der Waals surface area contributed by atoms with E-state index in [-0.39, 0.29) is 6.61 Å². The summed E-state index contributed by atoms with van der Waals surface area (Å²) in [7, 11) is -1.20. The fraction of sp³-hybridized carbons (Fsp3) is 0.143. The second kappa shape index (κ2) is 7.26. The van der Waals surface area contributed by atoms with Gasteiger partial charge in [-0.05, 0) is 23.9 Å². The van der Waals surface area contributed by atoms with Crippen molar-refractivity contribution < 1.29 is 14.4 Å². The SMILES string of the molecule is COc1cccc(CO)c1-c1ccccc1[P@](C)(=O)c1ccccc1. The van der Waals surface area contributed by atoms with Gasteiger partial charge in [0.15, 0.2) is 0 Å². The maximum absolute atomic E-state index is 13.7. The van der Waals surface area contributed by atoms with Crippen LogP contribution >= 0.6 is 7.14 Å². The third-order valence-corrected chi connectivity index (χ3v) is 6.98. The monoisotopic (exact) mass is 352 g/mol. The highest BCUT2D eigenvalue weighted by Gasteiger charge is 2.26. The van der Waals surface area contributed by atoms with Gasteiger partial charge in [0.05, 0.1) is 13.7 Å². The van der Waals surface area contributed by atoms with E-state index in [2.05, 4.69) is 0 Å². The summed E-state index contributed by atoms with van der Waals surface area (Å²) in [5.74, 6) is 0.659. The molecule has 0 amide bonds. The van der Waals surface area contributed by atoms with E-state index in [4.69, 9.17) is 4.74 Å². The van der Waals surface area contributed by atoms with Crippen molar-refractivity contribution in [3.8, 4) is 16.9 Å². The Hall–Kier alpha value is -2.35. The first-order valence-electron chi connectivity index (χ1n) is 8.09. The highest BCUT2D eigenvalue weighted by molar-refractivity contribution is 7.78. The molecule has 1 N–H and O–H groups in total. The summed E-state index contributed by atoms with van der Waals surface area (Å²) in [6.45, 7) is 1.68. The van der Waals surface area contributed by atoms with Crippen molar-refractivity contribution in [1.82, 2.24) is 0 Å². The number of hydrogen-bond donors (Lipinski definition) is 1. The van der Waals surface area contributed by atoms with Gasteiger partial charge in [-0.3, -0.25) is 0 Å². The van der Waals surface area contributed by atoms with Crippen LogP contribution in [0.5, 0.6) is 5.75 Å². The lowest BCUT2D eigenvalue weighted by atomic mass is 9.99. The van der Waals surface area contributed by atoms with Gasteiger partial charge in [0.25, 0.3) is 0 Å². The van der Waals surface area contributed by atoms with Gasteiger partial charge >= 0.3 is 0 Å². The highest BCUT2D eigenvalue weighted by Crippen LogP contribution is 2.44. The van der Waals surface area contributed by atoms with E-state index in [1.807, 2.05) is 72.8 Å². The normalized spacial score (nSPS) is 13.2. The lowest BCUT2D eigenvalue weighted by molar-refractivity contribution is 0.281. The number of aliphatic hydroxyl groups is 1. The third kappa shape index (κ3) is 3.26. The Morgan fingerprint density at radius 1 is 0.920 bits per heavy atom. The van der Waals surface area contributed by atoms with E-state index >= 15 is 0 Å². The van der Waals surface area contributed by atoms with Crippen molar-refractivity contribution in [2.45, 2.75) is 6.61 Å². The van der Waals surface area contributed by atoms with E-state index in [9.17, 15) is 9.67 Å². The number of rotatable bonds is 5. The number of hydrogen-bond acceptors (Lipinski definition) is 3. The zero-order chi connectivity index (χ0) is 17.9. The lowest BCUT2D eigenvalue weighted by Crippen LogP contribution is -2.17. The molecule has 128 valence electrons. The fourth-order valence-electron chi connectivity index (χ4n) is 3.09. The van der Waals surface area contributed by atoms with Crippen molar-refractivity contribution in [3.63, 3.8) is 0 Å². The van der Waals surface area contributed by atoms with Crippen LogP contribution < -0.4 is 15.3 Å². The Labute approximate surface area is 148 Å². The molecule has 0 unspecified atom stereocenters. The number of ether oxygens (including phenoxy) is 1. The van der Waals surface area contributed by atoms with Gasteiger partial charge in [-0.25, -0.2) is 0 Å². The number of benzene rings is 3. The molecule has 0 bridgehead atoms. The van der Waals surface area contributed by atoms with E-state index < -0.39 is 7.14 Å². The topological polar surface area (TPSA) is 46.5 Å². The molecule has 3 aromatic rings. The van der Waals surface area contributed by atoms with E-state index in [1.165, 1.54) is 0 Å². The molecule has 25 heavy (non-hydrogen) atoms. The maximum Gasteiger partial charge on any atom is 0.140 e. The van der Waals surface area contributed by atoms with Crippen LogP contribution in [0.2, 0.25) is 0 Å². The average Bonchev–Trinajstić information content (AvgIpc) is 2.68. The summed E-state index contributed by atoms with van der Waals surface area (Å²) >= 11 is 0. The molecule has 0 saturated heterocycles. The molecular formula is C21H21O3P. The van der Waals surface area contributed by atoms with Gasteiger partial charge in [0.1, 0.15) is 12.9 Å². The largest absolute Gasteiger partial charge is 0.496 e. The molecule has 0 aliphatic rings. The van der Waals surface area contributed by atoms with Crippen molar-refractivity contribution >= 4 is 17.8 Å². The van der Waals surface area contributed by atoms with E-state index in [0.717, 1.165) is 27.3 Å². The minimum absolute atomic E-state index is 0.111. The first-order chi connectivity index (χ1) is 12.1. The third-order valence-electron chi connectivity index (χ3n) is 4.38.